The van der Waals surface area contributed by atoms with Gasteiger partial charge in [0, 0.05) is 32.7 Å². The van der Waals surface area contributed by atoms with Crippen LogP contribution in [0.15, 0.2) is 30.3 Å². The first-order valence-electron chi connectivity index (χ1n) is 12.1. The summed E-state index contributed by atoms with van der Waals surface area (Å²) in [5.41, 5.74) is -0.831. The van der Waals surface area contributed by atoms with E-state index in [-0.39, 0.29) is 30.9 Å². The molecular formula is C25H36N2O5. The Kier molecular flexibility index (Phi) is 8.03. The Morgan fingerprint density at radius 1 is 0.969 bits per heavy atom. The van der Waals surface area contributed by atoms with Crippen LogP contribution < -0.4 is 4.74 Å². The van der Waals surface area contributed by atoms with E-state index in [2.05, 4.69) is 0 Å². The van der Waals surface area contributed by atoms with E-state index in [0.717, 1.165) is 57.6 Å². The van der Waals surface area contributed by atoms with Crippen LogP contribution in [0.1, 0.15) is 51.4 Å². The number of hydrogen-bond acceptors (Lipinski definition) is 5. The van der Waals surface area contributed by atoms with Crippen molar-refractivity contribution in [1.82, 2.24) is 9.80 Å². The van der Waals surface area contributed by atoms with Crippen LogP contribution in [-0.4, -0.2) is 79.3 Å². The van der Waals surface area contributed by atoms with Crippen molar-refractivity contribution in [3.05, 3.63) is 30.3 Å². The van der Waals surface area contributed by atoms with Crippen LogP contribution in [0.5, 0.6) is 5.75 Å². The predicted molar refractivity (Wildman–Crippen MR) is 120 cm³/mol. The fourth-order valence-electron chi connectivity index (χ4n) is 4.88. The van der Waals surface area contributed by atoms with Crippen LogP contribution in [0, 0.1) is 0 Å². The first kappa shape index (κ1) is 23.1. The van der Waals surface area contributed by atoms with Crippen LogP contribution in [0.3, 0.4) is 0 Å². The molecule has 3 fully saturated rings. The average Bonchev–Trinajstić information content (AvgIpc) is 3.36. The molecule has 7 heteroatoms. The first-order chi connectivity index (χ1) is 15.6. The van der Waals surface area contributed by atoms with Gasteiger partial charge < -0.3 is 24.0 Å². The number of ether oxygens (including phenoxy) is 3. The molecule has 3 heterocycles. The van der Waals surface area contributed by atoms with Crippen molar-refractivity contribution in [2.24, 2.45) is 0 Å². The highest BCUT2D eigenvalue weighted by Crippen LogP contribution is 2.27. The maximum Gasteiger partial charge on any atom is 0.225 e. The summed E-state index contributed by atoms with van der Waals surface area (Å²) >= 11 is 0. The molecule has 0 bridgehead atoms. The van der Waals surface area contributed by atoms with E-state index in [1.807, 2.05) is 40.1 Å². The van der Waals surface area contributed by atoms with Crippen molar-refractivity contribution in [1.29, 1.82) is 0 Å². The molecule has 176 valence electrons. The van der Waals surface area contributed by atoms with Gasteiger partial charge in [-0.2, -0.15) is 0 Å². The molecule has 0 aromatic heterocycles. The molecule has 0 saturated carbocycles. The van der Waals surface area contributed by atoms with E-state index >= 15 is 0 Å². The van der Waals surface area contributed by atoms with Crippen LogP contribution in [-0.2, 0) is 19.1 Å². The number of carbonyl (C=O) groups excluding carboxylic acids is 2. The van der Waals surface area contributed by atoms with Gasteiger partial charge in [0.25, 0.3) is 0 Å². The van der Waals surface area contributed by atoms with E-state index in [1.54, 1.807) is 0 Å². The Morgan fingerprint density at radius 3 is 2.53 bits per heavy atom. The van der Waals surface area contributed by atoms with Crippen LogP contribution in [0.4, 0.5) is 0 Å². The van der Waals surface area contributed by atoms with E-state index in [0.29, 0.717) is 26.1 Å². The van der Waals surface area contributed by atoms with Crippen molar-refractivity contribution < 1.29 is 23.8 Å². The zero-order valence-electron chi connectivity index (χ0n) is 19.0. The lowest BCUT2D eigenvalue weighted by Gasteiger charge is -2.43. The van der Waals surface area contributed by atoms with Crippen LogP contribution >= 0.6 is 0 Å². The van der Waals surface area contributed by atoms with Crippen molar-refractivity contribution >= 4 is 11.8 Å². The number of benzene rings is 1. The molecule has 32 heavy (non-hydrogen) atoms. The van der Waals surface area contributed by atoms with E-state index < -0.39 is 5.60 Å². The third-order valence-electron chi connectivity index (χ3n) is 6.73. The Bertz CT molecular complexity index is 746. The molecule has 0 radical (unpaired) electrons. The normalized spacial score (nSPS) is 26.2. The second-order valence-electron chi connectivity index (χ2n) is 9.24. The SMILES string of the molecule is O=C(CC1(COc2ccccc2)CN(C(=O)CCC2CCCO2)CCO1)N1CCCCC1. The minimum absolute atomic E-state index is 0.0926. The molecule has 2 amide bonds. The summed E-state index contributed by atoms with van der Waals surface area (Å²) < 4.78 is 17.9. The van der Waals surface area contributed by atoms with Crippen LogP contribution in [0.25, 0.3) is 0 Å². The maximum atomic E-state index is 13.1. The first-order valence-corrected chi connectivity index (χ1v) is 12.1. The van der Waals surface area contributed by atoms with E-state index in [4.69, 9.17) is 14.2 Å². The third kappa shape index (κ3) is 6.23. The lowest BCUT2D eigenvalue weighted by molar-refractivity contribution is -0.166. The van der Waals surface area contributed by atoms with Gasteiger partial charge in [0.2, 0.25) is 11.8 Å². The van der Waals surface area contributed by atoms with Gasteiger partial charge >= 0.3 is 0 Å². The van der Waals surface area contributed by atoms with Gasteiger partial charge in [-0.1, -0.05) is 18.2 Å². The summed E-state index contributed by atoms with van der Waals surface area (Å²) in [6, 6.07) is 9.57. The number of rotatable bonds is 8. The van der Waals surface area contributed by atoms with Gasteiger partial charge in [-0.25, -0.2) is 0 Å². The largest absolute Gasteiger partial charge is 0.490 e. The lowest BCUT2D eigenvalue weighted by atomic mass is 9.95. The molecule has 4 rings (SSSR count). The Labute approximate surface area is 191 Å². The summed E-state index contributed by atoms with van der Waals surface area (Å²) in [5.74, 6) is 0.941. The lowest BCUT2D eigenvalue weighted by Crippen LogP contribution is -2.58. The van der Waals surface area contributed by atoms with Crippen molar-refractivity contribution in [3.8, 4) is 5.75 Å². The number of amides is 2. The number of carbonyl (C=O) groups is 2. The quantitative estimate of drug-likeness (QED) is 0.617. The smallest absolute Gasteiger partial charge is 0.225 e. The van der Waals surface area contributed by atoms with Crippen LogP contribution in [0.2, 0.25) is 0 Å². The number of piperidine rings is 1. The molecule has 2 unspecified atom stereocenters. The zero-order valence-corrected chi connectivity index (χ0v) is 19.0. The Morgan fingerprint density at radius 2 is 1.78 bits per heavy atom. The zero-order chi connectivity index (χ0) is 22.2. The number of likely N-dealkylation sites (tertiary alicyclic amines) is 1. The number of morpholine rings is 1. The molecule has 1 aromatic rings. The number of hydrogen-bond donors (Lipinski definition) is 0. The predicted octanol–water partition coefficient (Wildman–Crippen LogP) is 3.02. The molecule has 3 aliphatic heterocycles. The molecule has 2 atom stereocenters. The molecule has 1 aromatic carbocycles. The van der Waals surface area contributed by atoms with Gasteiger partial charge in [-0.15, -0.1) is 0 Å². The summed E-state index contributed by atoms with van der Waals surface area (Å²) in [6.07, 6.45) is 7.06. The van der Waals surface area contributed by atoms with Gasteiger partial charge in [0.1, 0.15) is 18.0 Å². The van der Waals surface area contributed by atoms with Crippen molar-refractivity contribution in [3.63, 3.8) is 0 Å². The van der Waals surface area contributed by atoms with E-state index in [9.17, 15) is 9.59 Å². The maximum absolute atomic E-state index is 13.1. The highest BCUT2D eigenvalue weighted by Gasteiger charge is 2.42. The third-order valence-corrected chi connectivity index (χ3v) is 6.73. The topological polar surface area (TPSA) is 68.3 Å². The Balaban J connectivity index is 1.41. The van der Waals surface area contributed by atoms with Gasteiger partial charge in [-0.05, 0) is 50.7 Å². The van der Waals surface area contributed by atoms with Crippen molar-refractivity contribution in [2.75, 3.05) is 46.0 Å². The average molecular weight is 445 g/mol. The molecule has 7 nitrogen and oxygen atoms in total. The summed E-state index contributed by atoms with van der Waals surface area (Å²) in [4.78, 5) is 29.9. The standard InChI is InChI=1S/C25H36N2O5/c28-23(12-11-22-10-7-16-30-22)27-15-17-32-25(19-27,20-31-21-8-3-1-4-9-21)18-24(29)26-13-5-2-6-14-26/h1,3-4,8-9,22H,2,5-7,10-20H2. The Hall–Kier alpha value is -2.12. The monoisotopic (exact) mass is 444 g/mol. The summed E-state index contributed by atoms with van der Waals surface area (Å²) in [5, 5.41) is 0. The second-order valence-corrected chi connectivity index (χ2v) is 9.24. The van der Waals surface area contributed by atoms with Gasteiger partial charge in [0.15, 0.2) is 0 Å². The second kappa shape index (κ2) is 11.1. The van der Waals surface area contributed by atoms with Crippen molar-refractivity contribution in [2.45, 2.75) is 63.1 Å². The highest BCUT2D eigenvalue weighted by molar-refractivity contribution is 5.79. The summed E-state index contributed by atoms with van der Waals surface area (Å²) in [7, 11) is 0. The molecule has 3 aliphatic rings. The van der Waals surface area contributed by atoms with Gasteiger partial charge in [0.05, 0.1) is 25.7 Å². The number of nitrogens with zero attached hydrogens (tertiary/aromatic N) is 2. The summed E-state index contributed by atoms with van der Waals surface area (Å²) in [6.45, 7) is 3.99. The minimum Gasteiger partial charge on any atom is -0.490 e. The highest BCUT2D eigenvalue weighted by atomic mass is 16.5. The minimum atomic E-state index is -0.831. The van der Waals surface area contributed by atoms with Gasteiger partial charge in [-0.3, -0.25) is 9.59 Å². The van der Waals surface area contributed by atoms with E-state index in [1.165, 1.54) is 6.42 Å². The fourth-order valence-corrected chi connectivity index (χ4v) is 4.88. The molecule has 0 spiro atoms. The fraction of sp³-hybridized carbons (Fsp3) is 0.680. The molecule has 0 aliphatic carbocycles. The molecule has 0 N–H and O–H groups in total. The molecular weight excluding hydrogens is 408 g/mol. The molecule has 3 saturated heterocycles. The number of para-hydroxylation sites is 1.